The number of allylic oxidation sites excluding steroid dienone is 3. The van der Waals surface area contributed by atoms with Crippen molar-refractivity contribution in [2.45, 2.75) is 6.04 Å². The number of rotatable bonds is 5. The molecule has 3 aromatic carbocycles. The molecule has 6 rings (SSSR count). The monoisotopic (exact) mass is 509 g/mol. The van der Waals surface area contributed by atoms with Crippen LogP contribution in [0.1, 0.15) is 11.6 Å². The Kier molecular flexibility index (Phi) is 8.95. The molecule has 1 fully saturated rings. The quantitative estimate of drug-likeness (QED) is 0.170. The van der Waals surface area contributed by atoms with Gasteiger partial charge in [0.2, 0.25) is 0 Å². The molecule has 0 spiro atoms. The Hall–Kier alpha value is -3.13. The summed E-state index contributed by atoms with van der Waals surface area (Å²) in [4.78, 5) is 0. The molecule has 0 saturated carbocycles. The van der Waals surface area contributed by atoms with Gasteiger partial charge in [0.05, 0.1) is 0 Å². The van der Waals surface area contributed by atoms with Crippen molar-refractivity contribution in [2.75, 3.05) is 6.61 Å². The van der Waals surface area contributed by atoms with Gasteiger partial charge in [-0.25, -0.2) is 5.73 Å². The van der Waals surface area contributed by atoms with Crippen molar-refractivity contribution in [1.82, 2.24) is 0 Å². The Labute approximate surface area is 218 Å². The maximum atomic E-state index is 6.06. The van der Waals surface area contributed by atoms with Crippen LogP contribution in [-0.2, 0) is 21.8 Å². The summed E-state index contributed by atoms with van der Waals surface area (Å²) in [5, 5.41) is 8.77. The molecule has 4 heteroatoms. The number of hydrogen-bond donors (Lipinski definition) is 0. The fraction of sp³-hybridized carbons (Fsp3) is 0.0645. The van der Waals surface area contributed by atoms with Crippen LogP contribution < -0.4 is 10.6 Å². The third-order valence-electron chi connectivity index (χ3n) is 5.36. The first-order chi connectivity index (χ1) is 16.9. The van der Waals surface area contributed by atoms with E-state index >= 15 is 0 Å². The topological polar surface area (TPSA) is 23.3 Å². The molecule has 2 radical (unpaired) electrons. The van der Waals surface area contributed by atoms with E-state index in [2.05, 4.69) is 114 Å². The van der Waals surface area contributed by atoms with Gasteiger partial charge in [-0.2, -0.15) is 0 Å². The Morgan fingerprint density at radius 1 is 0.829 bits per heavy atom. The molecule has 2 nitrogen and oxygen atoms in total. The molecule has 3 aliphatic rings. The number of nitrogens with zero attached hydrogens (tertiary/aromatic N) is 1. The third-order valence-corrected chi connectivity index (χ3v) is 7.84. The Balaban J connectivity index is 0.000000431. The van der Waals surface area contributed by atoms with E-state index in [1.54, 1.807) is 0 Å². The molecule has 1 atom stereocenters. The van der Waals surface area contributed by atoms with Crippen LogP contribution in [-0.4, -0.2) is 6.61 Å². The van der Waals surface area contributed by atoms with Crippen LogP contribution in [0.5, 0.6) is 0 Å². The molecule has 0 unspecified atom stereocenters. The number of ether oxygens (including phenoxy) is 1. The summed E-state index contributed by atoms with van der Waals surface area (Å²) in [5.74, 6) is 0. The molecule has 1 aliphatic heterocycles. The summed E-state index contributed by atoms with van der Waals surface area (Å²) < 4.78 is 6.06. The Bertz CT molecular complexity index is 1320. The Morgan fingerprint density at radius 3 is 2.00 bits per heavy atom. The summed E-state index contributed by atoms with van der Waals surface area (Å²) in [6.07, 6.45) is 9.87. The molecular formula is C31H20FeNOP. The zero-order valence-electron chi connectivity index (χ0n) is 18.8. The zero-order valence-corrected chi connectivity index (χ0v) is 20.8. The molecule has 0 bridgehead atoms. The van der Waals surface area contributed by atoms with Crippen LogP contribution in [0.3, 0.4) is 0 Å². The van der Waals surface area contributed by atoms with Crippen molar-refractivity contribution in [3.8, 4) is 0 Å². The predicted octanol–water partition coefficient (Wildman–Crippen LogP) is 6.36. The summed E-state index contributed by atoms with van der Waals surface area (Å²) >= 11 is 0. The van der Waals surface area contributed by atoms with Gasteiger partial charge in [0, 0.05) is 18.4 Å². The van der Waals surface area contributed by atoms with E-state index in [1.807, 2.05) is 24.3 Å². The summed E-state index contributed by atoms with van der Waals surface area (Å²) in [6, 6.07) is 31.8. The first-order valence-corrected chi connectivity index (χ1v) is 12.3. The molecule has 3 aromatic rings. The van der Waals surface area contributed by atoms with Crippen molar-refractivity contribution in [3.05, 3.63) is 166 Å². The van der Waals surface area contributed by atoms with Crippen molar-refractivity contribution in [2.24, 2.45) is 0 Å². The SMILES string of the molecule is C1=CC=C(P(c2ccccc2)c2ccccc2)C=1[C]1[N-][C@@H](c2ccccc2)CO1.[C]1=C=C=C=[C-]1.[Fe+2]. The predicted molar refractivity (Wildman–Crippen MR) is 138 cm³/mol. The standard InChI is InChI=1S/C26H20NOP.C5.Fe/c1-4-11-20(12-5-1)24-19-28-26(27-24)23-17-10-18-25(23)29(21-13-6-2-7-14-21)22-15-8-3-9-16-22;1-2-4-5-3-1;/h1-16,18,24H,19H2;;/q2*-1;+2/t24-;;/m1../s1. The first kappa shape index (κ1) is 25.0. The maximum absolute atomic E-state index is 6.06. The third kappa shape index (κ3) is 6.11. The first-order valence-electron chi connectivity index (χ1n) is 11.0. The van der Waals surface area contributed by atoms with E-state index in [1.165, 1.54) is 21.5 Å². The van der Waals surface area contributed by atoms with Crippen molar-refractivity contribution in [3.63, 3.8) is 0 Å². The van der Waals surface area contributed by atoms with E-state index in [0.29, 0.717) is 12.8 Å². The molecule has 2 aliphatic carbocycles. The average Bonchev–Trinajstić information content (AvgIpc) is 3.70. The van der Waals surface area contributed by atoms with E-state index < -0.39 is 7.92 Å². The van der Waals surface area contributed by atoms with Crippen LogP contribution in [0.25, 0.3) is 5.32 Å². The van der Waals surface area contributed by atoms with Crippen LogP contribution in [0.15, 0.2) is 137 Å². The molecular weight excluding hydrogens is 489 g/mol. The number of benzene rings is 3. The second kappa shape index (κ2) is 12.5. The van der Waals surface area contributed by atoms with Crippen LogP contribution >= 0.6 is 7.92 Å². The molecule has 0 amide bonds. The average molecular weight is 509 g/mol. The van der Waals surface area contributed by atoms with E-state index in [0.717, 1.165) is 5.57 Å². The fourth-order valence-electron chi connectivity index (χ4n) is 3.81. The van der Waals surface area contributed by atoms with Crippen LogP contribution in [0, 0.1) is 18.4 Å². The molecule has 0 N–H and O–H groups in total. The minimum absolute atomic E-state index is 0. The summed E-state index contributed by atoms with van der Waals surface area (Å²) in [7, 11) is -0.706. The summed E-state index contributed by atoms with van der Waals surface area (Å²) in [5.41, 5.74) is 13.1. The molecule has 168 valence electrons. The van der Waals surface area contributed by atoms with Crippen molar-refractivity contribution in [1.29, 1.82) is 0 Å². The Morgan fingerprint density at radius 2 is 1.46 bits per heavy atom. The van der Waals surface area contributed by atoms with Crippen LogP contribution in [0.4, 0.5) is 0 Å². The van der Waals surface area contributed by atoms with Gasteiger partial charge in [0.15, 0.2) is 0 Å². The minimum Gasteiger partial charge on any atom is -0.620 e. The van der Waals surface area contributed by atoms with Crippen LogP contribution in [0.2, 0.25) is 0 Å². The van der Waals surface area contributed by atoms with Gasteiger partial charge in [-0.3, -0.25) is 11.5 Å². The smallest absolute Gasteiger partial charge is 0.620 e. The molecule has 1 saturated heterocycles. The van der Waals surface area contributed by atoms with E-state index in [4.69, 9.17) is 10.1 Å². The normalized spacial score (nSPS) is 17.2. The van der Waals surface area contributed by atoms with E-state index in [-0.39, 0.29) is 23.1 Å². The molecule has 1 heterocycles. The number of hydrogen-bond acceptors (Lipinski definition) is 1. The second-order valence-corrected chi connectivity index (χ2v) is 9.73. The van der Waals surface area contributed by atoms with Gasteiger partial charge < -0.3 is 10.1 Å². The van der Waals surface area contributed by atoms with Gasteiger partial charge >= 0.3 is 17.1 Å². The van der Waals surface area contributed by atoms with Crippen molar-refractivity contribution < 1.29 is 21.8 Å². The van der Waals surface area contributed by atoms with Gasteiger partial charge in [-0.1, -0.05) is 103 Å². The van der Waals surface area contributed by atoms with Gasteiger partial charge in [-0.15, -0.1) is 17.9 Å². The fourth-order valence-corrected chi connectivity index (χ4v) is 6.22. The van der Waals surface area contributed by atoms with E-state index in [9.17, 15) is 0 Å². The largest absolute Gasteiger partial charge is 2.00 e. The molecule has 0 aromatic heterocycles. The molecule has 35 heavy (non-hydrogen) atoms. The van der Waals surface area contributed by atoms with Crippen molar-refractivity contribution >= 4 is 18.5 Å². The second-order valence-electron chi connectivity index (χ2n) is 7.54. The van der Waals surface area contributed by atoms with Gasteiger partial charge in [0.25, 0.3) is 0 Å². The van der Waals surface area contributed by atoms with Gasteiger partial charge in [0.1, 0.15) is 0 Å². The van der Waals surface area contributed by atoms with Gasteiger partial charge in [-0.05, 0) is 36.0 Å². The summed E-state index contributed by atoms with van der Waals surface area (Å²) in [6.45, 7) is 0.576. The minimum atomic E-state index is -0.706. The zero-order chi connectivity index (χ0) is 23.0. The maximum Gasteiger partial charge on any atom is 2.00 e.